The second kappa shape index (κ2) is 8.23. The van der Waals surface area contributed by atoms with Gasteiger partial charge in [-0.15, -0.1) is 0 Å². The number of carbonyl (C=O) groups is 2. The zero-order valence-corrected chi connectivity index (χ0v) is 19.9. The summed E-state index contributed by atoms with van der Waals surface area (Å²) >= 11 is 3.49. The van der Waals surface area contributed by atoms with Gasteiger partial charge in [0.15, 0.2) is 5.72 Å². The van der Waals surface area contributed by atoms with Crippen LogP contribution in [0, 0.1) is 0 Å². The molecular weight excluding hydrogens is 482 g/mol. The standard InChI is InChI=1S/C26H24BrN3O3/c1-16(17-7-4-3-5-8-17)28-24(31)18-9-6-10-20(13-18)30-25(32)29-22-15-26(30,2)33-23-12-11-19(27)14-21(22)23/h3-14,16,22H,15H2,1-2H3,(H,28,31)(H,29,32)/t16-,22+,26-/m1/s1. The van der Waals surface area contributed by atoms with Crippen LogP contribution in [0.25, 0.3) is 0 Å². The number of nitrogens with zero attached hydrogens (tertiary/aromatic N) is 1. The summed E-state index contributed by atoms with van der Waals surface area (Å²) < 4.78 is 7.29. The summed E-state index contributed by atoms with van der Waals surface area (Å²) in [4.78, 5) is 27.7. The lowest BCUT2D eigenvalue weighted by Gasteiger charge is -2.50. The SMILES string of the molecule is C[C@@H](NC(=O)c1cccc(N2C(=O)N[C@H]3C[C@@]2(C)Oc2ccc(Br)cc23)c1)c1ccccc1. The van der Waals surface area contributed by atoms with Crippen molar-refractivity contribution in [2.24, 2.45) is 0 Å². The fraction of sp³-hybridized carbons (Fsp3) is 0.231. The molecule has 0 radical (unpaired) electrons. The molecule has 1 fully saturated rings. The summed E-state index contributed by atoms with van der Waals surface area (Å²) in [6.07, 6.45) is 0.587. The van der Waals surface area contributed by atoms with E-state index in [4.69, 9.17) is 4.74 Å². The first-order chi connectivity index (χ1) is 15.8. The van der Waals surface area contributed by atoms with Crippen molar-refractivity contribution in [1.82, 2.24) is 10.6 Å². The number of benzene rings is 3. The van der Waals surface area contributed by atoms with Crippen molar-refractivity contribution in [3.63, 3.8) is 0 Å². The number of anilines is 1. The Morgan fingerprint density at radius 2 is 1.94 bits per heavy atom. The molecule has 5 rings (SSSR count). The van der Waals surface area contributed by atoms with Crippen molar-refractivity contribution in [2.75, 3.05) is 4.90 Å². The molecule has 33 heavy (non-hydrogen) atoms. The van der Waals surface area contributed by atoms with Gasteiger partial charge in [-0.3, -0.25) is 9.69 Å². The largest absolute Gasteiger partial charge is 0.467 e. The molecule has 0 spiro atoms. The Bertz CT molecular complexity index is 1230. The molecule has 3 aromatic carbocycles. The second-order valence-electron chi connectivity index (χ2n) is 8.66. The zero-order valence-electron chi connectivity index (χ0n) is 18.3. The minimum atomic E-state index is -0.875. The van der Waals surface area contributed by atoms with Crippen LogP contribution < -0.4 is 20.3 Å². The first-order valence-electron chi connectivity index (χ1n) is 10.9. The molecule has 1 saturated heterocycles. The van der Waals surface area contributed by atoms with Crippen LogP contribution in [0.5, 0.6) is 5.75 Å². The zero-order chi connectivity index (χ0) is 23.2. The first kappa shape index (κ1) is 21.5. The van der Waals surface area contributed by atoms with Gasteiger partial charge in [0.1, 0.15) is 5.75 Å². The molecule has 3 amide bonds. The van der Waals surface area contributed by atoms with E-state index in [1.54, 1.807) is 23.1 Å². The summed E-state index contributed by atoms with van der Waals surface area (Å²) in [6, 6.07) is 22.2. The minimum absolute atomic E-state index is 0.141. The Morgan fingerprint density at radius 3 is 2.73 bits per heavy atom. The first-order valence-corrected chi connectivity index (χ1v) is 11.7. The van der Waals surface area contributed by atoms with Crippen molar-refractivity contribution >= 4 is 33.6 Å². The number of urea groups is 1. The number of hydrogen-bond donors (Lipinski definition) is 2. The lowest BCUT2D eigenvalue weighted by Crippen LogP contribution is -2.65. The minimum Gasteiger partial charge on any atom is -0.467 e. The van der Waals surface area contributed by atoms with E-state index in [1.165, 1.54) is 0 Å². The van der Waals surface area contributed by atoms with Gasteiger partial charge in [0.25, 0.3) is 5.91 Å². The maximum atomic E-state index is 13.2. The second-order valence-corrected chi connectivity index (χ2v) is 9.57. The van der Waals surface area contributed by atoms with Crippen molar-refractivity contribution in [3.05, 3.63) is 94.0 Å². The Hall–Kier alpha value is -3.32. The summed E-state index contributed by atoms with van der Waals surface area (Å²) in [7, 11) is 0. The summed E-state index contributed by atoms with van der Waals surface area (Å²) in [5.41, 5.74) is 2.19. The molecule has 0 unspecified atom stereocenters. The molecule has 0 aliphatic carbocycles. The van der Waals surface area contributed by atoms with Gasteiger partial charge in [0.2, 0.25) is 0 Å². The summed E-state index contributed by atoms with van der Waals surface area (Å²) in [5.74, 6) is 0.543. The molecule has 0 aromatic heterocycles. The average Bonchev–Trinajstić information content (AvgIpc) is 2.80. The van der Waals surface area contributed by atoms with Crippen molar-refractivity contribution in [3.8, 4) is 5.75 Å². The normalized spacial score (nSPS) is 22.0. The van der Waals surface area contributed by atoms with E-state index in [2.05, 4.69) is 26.6 Å². The third kappa shape index (κ3) is 3.97. The molecule has 7 heteroatoms. The highest BCUT2D eigenvalue weighted by molar-refractivity contribution is 9.10. The van der Waals surface area contributed by atoms with E-state index in [9.17, 15) is 9.59 Å². The van der Waals surface area contributed by atoms with E-state index in [0.29, 0.717) is 17.7 Å². The number of amides is 3. The van der Waals surface area contributed by atoms with Crippen LogP contribution in [0.1, 0.15) is 53.8 Å². The van der Waals surface area contributed by atoms with Crippen LogP contribution in [-0.4, -0.2) is 17.7 Å². The van der Waals surface area contributed by atoms with E-state index < -0.39 is 5.72 Å². The lowest BCUT2D eigenvalue weighted by molar-refractivity contribution is 0.0378. The molecule has 3 atom stereocenters. The Labute approximate surface area is 201 Å². The third-order valence-electron chi connectivity index (χ3n) is 6.25. The molecule has 168 valence electrons. The molecule has 2 aliphatic heterocycles. The predicted octanol–water partition coefficient (Wildman–Crippen LogP) is 5.71. The molecule has 2 N–H and O–H groups in total. The summed E-state index contributed by atoms with van der Waals surface area (Å²) in [6.45, 7) is 3.86. The smallest absolute Gasteiger partial charge is 0.325 e. The van der Waals surface area contributed by atoms with Crippen LogP contribution in [0.2, 0.25) is 0 Å². The van der Waals surface area contributed by atoms with Gasteiger partial charge < -0.3 is 15.4 Å². The third-order valence-corrected chi connectivity index (χ3v) is 6.74. The average molecular weight is 506 g/mol. The van der Waals surface area contributed by atoms with Crippen molar-refractivity contribution < 1.29 is 14.3 Å². The van der Waals surface area contributed by atoms with Crippen LogP contribution in [0.15, 0.2) is 77.3 Å². The quantitative estimate of drug-likeness (QED) is 0.476. The topological polar surface area (TPSA) is 70.7 Å². The van der Waals surface area contributed by atoms with Crippen LogP contribution >= 0.6 is 15.9 Å². The van der Waals surface area contributed by atoms with Crippen LogP contribution in [0.4, 0.5) is 10.5 Å². The molecular formula is C26H24BrN3O3. The highest BCUT2D eigenvalue weighted by Gasteiger charge is 2.49. The summed E-state index contributed by atoms with van der Waals surface area (Å²) in [5, 5.41) is 6.12. The van der Waals surface area contributed by atoms with E-state index in [0.717, 1.165) is 21.3 Å². The Kier molecular flexibility index (Phi) is 5.37. The highest BCUT2D eigenvalue weighted by Crippen LogP contribution is 2.46. The van der Waals surface area contributed by atoms with Crippen LogP contribution in [-0.2, 0) is 0 Å². The van der Waals surface area contributed by atoms with Gasteiger partial charge in [0, 0.05) is 22.0 Å². The number of fused-ring (bicyclic) bond motifs is 4. The van der Waals surface area contributed by atoms with Gasteiger partial charge in [-0.25, -0.2) is 4.79 Å². The van der Waals surface area contributed by atoms with Gasteiger partial charge in [-0.05, 0) is 55.8 Å². The molecule has 3 aromatic rings. The van der Waals surface area contributed by atoms with Gasteiger partial charge >= 0.3 is 6.03 Å². The van der Waals surface area contributed by atoms with Gasteiger partial charge in [-0.1, -0.05) is 52.3 Å². The number of halogens is 1. The predicted molar refractivity (Wildman–Crippen MR) is 130 cm³/mol. The Balaban J connectivity index is 1.42. The van der Waals surface area contributed by atoms with Crippen molar-refractivity contribution in [2.45, 2.75) is 38.1 Å². The van der Waals surface area contributed by atoms with E-state index >= 15 is 0 Å². The van der Waals surface area contributed by atoms with Gasteiger partial charge in [0.05, 0.1) is 17.8 Å². The molecule has 6 nitrogen and oxygen atoms in total. The number of nitrogens with one attached hydrogen (secondary N) is 2. The molecule has 2 bridgehead atoms. The number of ether oxygens (including phenoxy) is 1. The fourth-order valence-corrected chi connectivity index (χ4v) is 5.01. The number of carbonyl (C=O) groups excluding carboxylic acids is 2. The number of rotatable bonds is 4. The lowest BCUT2D eigenvalue weighted by atomic mass is 9.90. The fourth-order valence-electron chi connectivity index (χ4n) is 4.63. The molecule has 2 aliphatic rings. The van der Waals surface area contributed by atoms with Crippen LogP contribution in [0.3, 0.4) is 0 Å². The molecule has 2 heterocycles. The maximum Gasteiger partial charge on any atom is 0.325 e. The Morgan fingerprint density at radius 1 is 1.15 bits per heavy atom. The van der Waals surface area contributed by atoms with Gasteiger partial charge in [-0.2, -0.15) is 0 Å². The monoisotopic (exact) mass is 505 g/mol. The van der Waals surface area contributed by atoms with Crippen molar-refractivity contribution in [1.29, 1.82) is 0 Å². The maximum absolute atomic E-state index is 13.2. The van der Waals surface area contributed by atoms with E-state index in [-0.39, 0.29) is 24.0 Å². The highest BCUT2D eigenvalue weighted by atomic mass is 79.9. The molecule has 0 saturated carbocycles. The number of hydrogen-bond acceptors (Lipinski definition) is 3. The van der Waals surface area contributed by atoms with E-state index in [1.807, 2.05) is 68.4 Å².